The molecule has 0 spiro atoms. The number of rotatable bonds is 4. The molecule has 0 amide bonds. The molecule has 13 heavy (non-hydrogen) atoms. The second-order valence-corrected chi connectivity index (χ2v) is 2.61. The molecule has 0 aromatic carbocycles. The Hall–Kier alpha value is -0.830. The predicted molar refractivity (Wildman–Crippen MR) is 45.2 cm³/mol. The molecule has 0 radical (unpaired) electrons. The van der Waals surface area contributed by atoms with Crippen molar-refractivity contribution < 1.29 is 27.1 Å². The highest BCUT2D eigenvalue weighted by atomic mass is 32.3. The highest BCUT2D eigenvalue weighted by molar-refractivity contribution is 7.79. The average Bonchev–Trinajstić information content (AvgIpc) is 1.85. The molecule has 80 valence electrons. The van der Waals surface area contributed by atoms with E-state index in [2.05, 4.69) is 0 Å². The predicted octanol–water partition coefficient (Wildman–Crippen LogP) is 0.0637. The smallest absolute Gasteiger partial charge is 0.344 e. The van der Waals surface area contributed by atoms with Crippen LogP contribution in [0.1, 0.15) is 19.3 Å². The first-order valence-corrected chi connectivity index (χ1v) is 4.38. The van der Waals surface area contributed by atoms with Crippen molar-refractivity contribution in [3.05, 3.63) is 0 Å². The second kappa shape index (κ2) is 11.2. The molecule has 7 nitrogen and oxygen atoms in total. The quantitative estimate of drug-likeness (QED) is 0.341. The summed E-state index contributed by atoms with van der Waals surface area (Å²) in [5, 5.41) is 0. The van der Waals surface area contributed by atoms with Crippen LogP contribution in [0.15, 0.2) is 0 Å². The summed E-state index contributed by atoms with van der Waals surface area (Å²) in [6, 6.07) is 0. The first-order valence-electron chi connectivity index (χ1n) is 2.99. The van der Waals surface area contributed by atoms with Crippen LogP contribution in [-0.4, -0.2) is 30.1 Å². The zero-order valence-electron chi connectivity index (χ0n) is 6.92. The van der Waals surface area contributed by atoms with Gasteiger partial charge in [-0.3, -0.25) is 9.11 Å². The molecule has 0 saturated carbocycles. The molecule has 0 saturated heterocycles. The van der Waals surface area contributed by atoms with Gasteiger partial charge in [0.15, 0.2) is 0 Å². The number of unbranched alkanes of at least 4 members (excludes halogenated alkanes) is 2. The van der Waals surface area contributed by atoms with Crippen molar-refractivity contribution in [1.82, 2.24) is 6.15 Å². The van der Waals surface area contributed by atoms with E-state index in [0.29, 0.717) is 19.3 Å². The first kappa shape index (κ1) is 18.1. The summed E-state index contributed by atoms with van der Waals surface area (Å²) in [5.74, 6) is 0. The molecule has 0 bridgehead atoms. The maximum Gasteiger partial charge on any atom is 0.394 e. The van der Waals surface area contributed by atoms with Crippen LogP contribution in [0.25, 0.3) is 0 Å². The molecule has 0 aliphatic heterocycles. The van der Waals surface area contributed by atoms with Crippen molar-refractivity contribution in [2.45, 2.75) is 19.3 Å². The van der Waals surface area contributed by atoms with Crippen molar-refractivity contribution in [2.24, 2.45) is 0 Å². The van der Waals surface area contributed by atoms with Gasteiger partial charge in [0, 0.05) is 12.8 Å². The molecule has 0 heterocycles. The number of hydrogen-bond donors (Lipinski definition) is 3. The first-order chi connectivity index (χ1) is 5.41. The Morgan fingerprint density at radius 1 is 1.00 bits per heavy atom. The summed E-state index contributed by atoms with van der Waals surface area (Å²) >= 11 is 0. The number of aldehydes is 2. The van der Waals surface area contributed by atoms with E-state index in [0.717, 1.165) is 12.6 Å². The topological polar surface area (TPSA) is 144 Å². The van der Waals surface area contributed by atoms with Crippen molar-refractivity contribution in [2.75, 3.05) is 0 Å². The van der Waals surface area contributed by atoms with E-state index >= 15 is 0 Å². The van der Waals surface area contributed by atoms with Crippen LogP contribution in [-0.2, 0) is 20.0 Å². The normalized spacial score (nSPS) is 8.77. The lowest BCUT2D eigenvalue weighted by molar-refractivity contribution is -0.108. The van der Waals surface area contributed by atoms with Crippen LogP contribution in [0.3, 0.4) is 0 Å². The lowest BCUT2D eigenvalue weighted by Crippen LogP contribution is -1.89. The minimum absolute atomic E-state index is 0. The van der Waals surface area contributed by atoms with Crippen LogP contribution < -0.4 is 6.15 Å². The molecule has 0 unspecified atom stereocenters. The van der Waals surface area contributed by atoms with Gasteiger partial charge in [-0.2, -0.15) is 8.42 Å². The fraction of sp³-hybridized carbons (Fsp3) is 0.600. The van der Waals surface area contributed by atoms with Crippen LogP contribution in [0, 0.1) is 0 Å². The van der Waals surface area contributed by atoms with E-state index in [1.165, 1.54) is 0 Å². The van der Waals surface area contributed by atoms with E-state index in [-0.39, 0.29) is 6.15 Å². The monoisotopic (exact) mass is 215 g/mol. The molecule has 0 aliphatic carbocycles. The van der Waals surface area contributed by atoms with Gasteiger partial charge in [-0.25, -0.2) is 0 Å². The minimum atomic E-state index is -4.67. The average molecular weight is 215 g/mol. The fourth-order valence-electron chi connectivity index (χ4n) is 0.285. The number of hydrogen-bond acceptors (Lipinski definition) is 5. The van der Waals surface area contributed by atoms with Crippen molar-refractivity contribution >= 4 is 23.0 Å². The Labute approximate surface area is 76.3 Å². The zero-order valence-corrected chi connectivity index (χ0v) is 7.74. The maximum atomic E-state index is 9.56. The third-order valence-corrected chi connectivity index (χ3v) is 0.644. The SMILES string of the molecule is N.O=CCCCC=O.O=S(=O)(O)O. The Bertz CT molecular complexity index is 195. The van der Waals surface area contributed by atoms with Crippen molar-refractivity contribution in [1.29, 1.82) is 0 Å². The summed E-state index contributed by atoms with van der Waals surface area (Å²) in [6.07, 6.45) is 3.37. The van der Waals surface area contributed by atoms with Crippen molar-refractivity contribution in [3.8, 4) is 0 Å². The summed E-state index contributed by atoms with van der Waals surface area (Å²) in [6.45, 7) is 0. The van der Waals surface area contributed by atoms with Gasteiger partial charge in [0.05, 0.1) is 0 Å². The van der Waals surface area contributed by atoms with Gasteiger partial charge in [0.2, 0.25) is 0 Å². The summed E-state index contributed by atoms with van der Waals surface area (Å²) in [4.78, 5) is 19.1. The van der Waals surface area contributed by atoms with Crippen LogP contribution in [0.5, 0.6) is 0 Å². The molecular weight excluding hydrogens is 202 g/mol. The largest absolute Gasteiger partial charge is 0.394 e. The van der Waals surface area contributed by atoms with E-state index in [1.54, 1.807) is 0 Å². The molecule has 0 aromatic heterocycles. The molecular formula is C5H13NO6S. The highest BCUT2D eigenvalue weighted by Crippen LogP contribution is 1.85. The number of carbonyl (C=O) groups excluding carboxylic acids is 2. The van der Waals surface area contributed by atoms with Gasteiger partial charge >= 0.3 is 10.4 Å². The number of carbonyl (C=O) groups is 2. The highest BCUT2D eigenvalue weighted by Gasteiger charge is 1.84. The Balaban J connectivity index is -0.000000150. The molecule has 0 fully saturated rings. The molecule has 0 rings (SSSR count). The van der Waals surface area contributed by atoms with Gasteiger partial charge in [-0.05, 0) is 6.42 Å². The third-order valence-electron chi connectivity index (χ3n) is 0.644. The molecule has 5 N–H and O–H groups in total. The minimum Gasteiger partial charge on any atom is -0.344 e. The summed E-state index contributed by atoms with van der Waals surface area (Å²) in [7, 11) is -4.67. The van der Waals surface area contributed by atoms with E-state index < -0.39 is 10.4 Å². The Morgan fingerprint density at radius 3 is 1.38 bits per heavy atom. The van der Waals surface area contributed by atoms with Gasteiger partial charge in [0.1, 0.15) is 12.6 Å². The summed E-state index contributed by atoms with van der Waals surface area (Å²) in [5.41, 5.74) is 0. The zero-order chi connectivity index (χ0) is 10.0. The van der Waals surface area contributed by atoms with Gasteiger partial charge in [0.25, 0.3) is 0 Å². The van der Waals surface area contributed by atoms with Crippen LogP contribution in [0.2, 0.25) is 0 Å². The lowest BCUT2D eigenvalue weighted by atomic mass is 10.3. The van der Waals surface area contributed by atoms with E-state index in [1.807, 2.05) is 0 Å². The van der Waals surface area contributed by atoms with Crippen LogP contribution in [0.4, 0.5) is 0 Å². The van der Waals surface area contributed by atoms with Crippen molar-refractivity contribution in [3.63, 3.8) is 0 Å². The molecule has 0 aromatic rings. The molecule has 0 aliphatic rings. The van der Waals surface area contributed by atoms with E-state index in [4.69, 9.17) is 17.5 Å². The fourth-order valence-corrected chi connectivity index (χ4v) is 0.285. The second-order valence-electron chi connectivity index (χ2n) is 1.71. The molecule has 8 heteroatoms. The van der Waals surface area contributed by atoms with Gasteiger partial charge < -0.3 is 15.7 Å². The molecule has 0 atom stereocenters. The lowest BCUT2D eigenvalue weighted by Gasteiger charge is -1.78. The summed E-state index contributed by atoms with van der Waals surface area (Å²) < 4.78 is 31.6. The Kier molecular flexibility index (Phi) is 15.5. The van der Waals surface area contributed by atoms with Gasteiger partial charge in [-0.15, -0.1) is 0 Å². The maximum absolute atomic E-state index is 9.56. The standard InChI is InChI=1S/C5H8O2.H3N.H2O4S/c6-4-2-1-3-5-7;;1-5(2,3)4/h4-5H,1-3H2;1H3;(H2,1,2,3,4). The Morgan fingerprint density at radius 2 is 1.23 bits per heavy atom. The van der Waals surface area contributed by atoms with Crippen LogP contribution >= 0.6 is 0 Å². The third kappa shape index (κ3) is 93.5. The van der Waals surface area contributed by atoms with E-state index in [9.17, 15) is 9.59 Å². The van der Waals surface area contributed by atoms with Gasteiger partial charge in [-0.1, -0.05) is 0 Å².